The molecule has 1 aromatic rings. The average Bonchev–Trinajstić information content (AvgIpc) is 2.60. The Labute approximate surface area is 151 Å². The molecule has 1 N–H and O–H groups in total. The zero-order valence-electron chi connectivity index (χ0n) is 15.0. The third kappa shape index (κ3) is 4.40. The Morgan fingerprint density at radius 3 is 2.16 bits per heavy atom. The molecule has 0 amide bonds. The summed E-state index contributed by atoms with van der Waals surface area (Å²) in [7, 11) is -4.89. The summed E-state index contributed by atoms with van der Waals surface area (Å²) in [6, 6.07) is 5.81. The van der Waals surface area contributed by atoms with Gasteiger partial charge in [-0.1, -0.05) is 19.1 Å². The zero-order chi connectivity index (χ0) is 18.7. The third-order valence-corrected chi connectivity index (χ3v) is 8.44. The summed E-state index contributed by atoms with van der Waals surface area (Å²) < 4.78 is 53.5. The molecule has 1 saturated heterocycles. The molecule has 0 saturated carbocycles. The van der Waals surface area contributed by atoms with E-state index in [1.807, 2.05) is 6.92 Å². The molecule has 0 unspecified atom stereocenters. The minimum absolute atomic E-state index is 0.145. The van der Waals surface area contributed by atoms with E-state index in [1.165, 1.54) is 36.6 Å². The fraction of sp³-hybridized carbons (Fsp3) is 0.625. The van der Waals surface area contributed by atoms with Gasteiger partial charge in [-0.2, -0.15) is 4.31 Å². The predicted molar refractivity (Wildman–Crippen MR) is 97.3 cm³/mol. The molecule has 25 heavy (non-hydrogen) atoms. The van der Waals surface area contributed by atoms with Crippen LogP contribution < -0.4 is 5.32 Å². The van der Waals surface area contributed by atoms with Crippen LogP contribution in [0.15, 0.2) is 34.1 Å². The molecular weight excluding hydrogens is 362 g/mol. The summed E-state index contributed by atoms with van der Waals surface area (Å²) >= 11 is 0. The number of nitrogens with one attached hydrogen (secondary N) is 1. The number of hydrogen-bond acceptors (Lipinski definition) is 5. The van der Waals surface area contributed by atoms with Gasteiger partial charge in [-0.15, -0.1) is 0 Å². The van der Waals surface area contributed by atoms with Gasteiger partial charge in [-0.25, -0.2) is 21.1 Å². The monoisotopic (exact) mass is 389 g/mol. The second kappa shape index (κ2) is 8.13. The Hall–Kier alpha value is -1.00. The number of piperidine rings is 1. The molecule has 7 nitrogen and oxygen atoms in total. The molecule has 0 aromatic heterocycles. The van der Waals surface area contributed by atoms with Crippen LogP contribution in [0.25, 0.3) is 0 Å². The Kier molecular flexibility index (Phi) is 6.61. The molecule has 1 fully saturated rings. The highest BCUT2D eigenvalue weighted by Crippen LogP contribution is 2.28. The van der Waals surface area contributed by atoms with Gasteiger partial charge >= 0.3 is 0 Å². The first kappa shape index (κ1) is 20.3. The van der Waals surface area contributed by atoms with Crippen molar-refractivity contribution in [3.63, 3.8) is 0 Å². The van der Waals surface area contributed by atoms with Crippen LogP contribution in [-0.2, 0) is 20.0 Å². The van der Waals surface area contributed by atoms with Crippen molar-refractivity contribution in [2.24, 2.45) is 5.92 Å². The molecule has 1 heterocycles. The SMILES string of the molecule is CCNCC1CCN(S(=O)(=O)c2ccccc2S(=O)(=O)N(C)C)CC1. The highest BCUT2D eigenvalue weighted by molar-refractivity contribution is 7.92. The summed E-state index contributed by atoms with van der Waals surface area (Å²) in [5.74, 6) is 0.451. The van der Waals surface area contributed by atoms with Crippen LogP contribution >= 0.6 is 0 Å². The standard InChI is InChI=1S/C16H27N3O4S2/c1-4-17-13-14-9-11-19(12-10-14)25(22,23)16-8-6-5-7-15(16)24(20,21)18(2)3/h5-8,14,17H,4,9-13H2,1-3H3. The van der Waals surface area contributed by atoms with Gasteiger partial charge in [-0.05, 0) is 44.0 Å². The lowest BCUT2D eigenvalue weighted by Crippen LogP contribution is -2.41. The quantitative estimate of drug-likeness (QED) is 0.750. The number of hydrogen-bond donors (Lipinski definition) is 1. The summed E-state index contributed by atoms with van der Waals surface area (Å²) in [5.41, 5.74) is 0. The fourth-order valence-electron chi connectivity index (χ4n) is 2.91. The van der Waals surface area contributed by atoms with Crippen LogP contribution in [0, 0.1) is 5.92 Å². The Bertz CT molecular complexity index is 783. The number of rotatable bonds is 7. The van der Waals surface area contributed by atoms with E-state index < -0.39 is 20.0 Å². The van der Waals surface area contributed by atoms with Crippen molar-refractivity contribution in [1.29, 1.82) is 0 Å². The van der Waals surface area contributed by atoms with Crippen LogP contribution in [0.2, 0.25) is 0 Å². The molecule has 0 spiro atoms. The van der Waals surface area contributed by atoms with Crippen molar-refractivity contribution in [2.75, 3.05) is 40.3 Å². The largest absolute Gasteiger partial charge is 0.317 e. The Balaban J connectivity index is 2.28. The van der Waals surface area contributed by atoms with Crippen molar-refractivity contribution in [3.8, 4) is 0 Å². The van der Waals surface area contributed by atoms with Gasteiger partial charge < -0.3 is 5.32 Å². The second-order valence-corrected chi connectivity index (χ2v) is 10.4. The maximum atomic E-state index is 13.0. The molecule has 9 heteroatoms. The van der Waals surface area contributed by atoms with E-state index in [1.54, 1.807) is 6.07 Å². The van der Waals surface area contributed by atoms with Crippen LogP contribution in [0.1, 0.15) is 19.8 Å². The normalized spacial score (nSPS) is 17.9. The van der Waals surface area contributed by atoms with Crippen LogP contribution in [0.4, 0.5) is 0 Å². The molecule has 0 aliphatic carbocycles. The molecule has 1 aromatic carbocycles. The van der Waals surface area contributed by atoms with Crippen LogP contribution in [-0.4, -0.2) is 65.7 Å². The van der Waals surface area contributed by atoms with Crippen LogP contribution in [0.3, 0.4) is 0 Å². The van der Waals surface area contributed by atoms with Gasteiger partial charge in [0, 0.05) is 27.2 Å². The fourth-order valence-corrected chi connectivity index (χ4v) is 6.05. The Morgan fingerprint density at radius 1 is 1.08 bits per heavy atom. The number of sulfonamides is 2. The average molecular weight is 390 g/mol. The Morgan fingerprint density at radius 2 is 1.64 bits per heavy atom. The minimum atomic E-state index is -3.85. The van der Waals surface area contributed by atoms with Gasteiger partial charge in [0.25, 0.3) is 0 Å². The maximum absolute atomic E-state index is 13.0. The van der Waals surface area contributed by atoms with Gasteiger partial charge in [0.2, 0.25) is 20.0 Å². The predicted octanol–water partition coefficient (Wildman–Crippen LogP) is 0.947. The molecule has 0 atom stereocenters. The molecule has 1 aliphatic rings. The first-order chi connectivity index (χ1) is 11.7. The lowest BCUT2D eigenvalue weighted by molar-refractivity contribution is 0.268. The number of benzene rings is 1. The van der Waals surface area contributed by atoms with Gasteiger partial charge in [0.15, 0.2) is 0 Å². The summed E-state index contributed by atoms with van der Waals surface area (Å²) in [5, 5.41) is 3.29. The van der Waals surface area contributed by atoms with Gasteiger partial charge in [0.05, 0.1) is 0 Å². The lowest BCUT2D eigenvalue weighted by atomic mass is 9.98. The molecule has 1 aliphatic heterocycles. The molecule has 0 bridgehead atoms. The summed E-state index contributed by atoms with van der Waals surface area (Å²) in [4.78, 5) is -0.316. The van der Waals surface area contributed by atoms with E-state index in [4.69, 9.17) is 0 Å². The van der Waals surface area contributed by atoms with E-state index in [2.05, 4.69) is 5.32 Å². The summed E-state index contributed by atoms with van der Waals surface area (Å²) in [6.45, 7) is 4.65. The van der Waals surface area contributed by atoms with Crippen molar-refractivity contribution in [1.82, 2.24) is 13.9 Å². The number of nitrogens with zero attached hydrogens (tertiary/aromatic N) is 2. The zero-order valence-corrected chi connectivity index (χ0v) is 16.6. The maximum Gasteiger partial charge on any atom is 0.244 e. The first-order valence-corrected chi connectivity index (χ1v) is 11.3. The first-order valence-electron chi connectivity index (χ1n) is 8.43. The van der Waals surface area contributed by atoms with E-state index in [0.29, 0.717) is 19.0 Å². The van der Waals surface area contributed by atoms with Crippen LogP contribution in [0.5, 0.6) is 0 Å². The molecule has 0 radical (unpaired) electrons. The van der Waals surface area contributed by atoms with E-state index >= 15 is 0 Å². The van der Waals surface area contributed by atoms with Crippen molar-refractivity contribution < 1.29 is 16.8 Å². The molecule has 2 rings (SSSR count). The minimum Gasteiger partial charge on any atom is -0.317 e. The lowest BCUT2D eigenvalue weighted by Gasteiger charge is -2.31. The van der Waals surface area contributed by atoms with Crippen molar-refractivity contribution in [3.05, 3.63) is 24.3 Å². The highest BCUT2D eigenvalue weighted by Gasteiger charge is 2.34. The van der Waals surface area contributed by atoms with Crippen molar-refractivity contribution in [2.45, 2.75) is 29.6 Å². The highest BCUT2D eigenvalue weighted by atomic mass is 32.2. The third-order valence-electron chi connectivity index (χ3n) is 4.48. The topological polar surface area (TPSA) is 86.8 Å². The van der Waals surface area contributed by atoms with E-state index in [-0.39, 0.29) is 9.79 Å². The van der Waals surface area contributed by atoms with E-state index in [9.17, 15) is 16.8 Å². The second-order valence-electron chi connectivity index (χ2n) is 6.39. The molecule has 142 valence electrons. The smallest absolute Gasteiger partial charge is 0.244 e. The van der Waals surface area contributed by atoms with E-state index in [0.717, 1.165) is 30.2 Å². The van der Waals surface area contributed by atoms with Crippen molar-refractivity contribution >= 4 is 20.0 Å². The van der Waals surface area contributed by atoms with Gasteiger partial charge in [-0.3, -0.25) is 0 Å². The van der Waals surface area contributed by atoms with Gasteiger partial charge in [0.1, 0.15) is 9.79 Å². The molecular formula is C16H27N3O4S2. The summed E-state index contributed by atoms with van der Waals surface area (Å²) in [6.07, 6.45) is 1.55.